The van der Waals surface area contributed by atoms with Crippen molar-refractivity contribution in [3.8, 4) is 11.6 Å². The Labute approximate surface area is 200 Å². The first-order chi connectivity index (χ1) is 16.8. The van der Waals surface area contributed by atoms with Crippen LogP contribution in [-0.4, -0.2) is 19.3 Å². The van der Waals surface area contributed by atoms with Crippen molar-refractivity contribution in [2.24, 2.45) is 0 Å². The molecule has 1 amide bonds. The number of anilines is 1. The molecule has 0 bridgehead atoms. The lowest BCUT2D eigenvalue weighted by atomic mass is 10.2. The minimum atomic E-state index is -4.03. The van der Waals surface area contributed by atoms with E-state index in [0.717, 1.165) is 6.07 Å². The average Bonchev–Trinajstić information content (AvgIpc) is 2.85. The normalized spacial score (nSPS) is 11.0. The van der Waals surface area contributed by atoms with E-state index >= 15 is 0 Å². The number of pyridine rings is 1. The van der Waals surface area contributed by atoms with E-state index in [-0.39, 0.29) is 28.6 Å². The summed E-state index contributed by atoms with van der Waals surface area (Å²) in [6.07, 6.45) is 1.51. The molecule has 0 radical (unpaired) electrons. The molecule has 3 aromatic carbocycles. The molecular weight excluding hydrogens is 476 g/mol. The van der Waals surface area contributed by atoms with Crippen molar-refractivity contribution in [1.29, 1.82) is 0 Å². The topological polar surface area (TPSA) is 97.4 Å². The molecule has 178 valence electrons. The van der Waals surface area contributed by atoms with Crippen LogP contribution < -0.4 is 14.8 Å². The van der Waals surface area contributed by atoms with Crippen LogP contribution in [0.2, 0.25) is 0 Å². The number of aromatic nitrogens is 1. The van der Waals surface area contributed by atoms with Gasteiger partial charge in [0, 0.05) is 30.4 Å². The Bertz CT molecular complexity index is 1440. The van der Waals surface area contributed by atoms with Crippen LogP contribution in [0.25, 0.3) is 0 Å². The number of nitrogens with zero attached hydrogens (tertiary/aromatic N) is 1. The predicted octanol–water partition coefficient (Wildman–Crippen LogP) is 4.88. The molecule has 4 aromatic rings. The first-order valence-corrected chi connectivity index (χ1v) is 11.8. The summed E-state index contributed by atoms with van der Waals surface area (Å²) in [5, 5.41) is 2.71. The van der Waals surface area contributed by atoms with E-state index in [4.69, 9.17) is 4.74 Å². The van der Waals surface area contributed by atoms with Crippen molar-refractivity contribution in [1.82, 2.24) is 10.3 Å². The highest BCUT2D eigenvalue weighted by Gasteiger charge is 2.17. The van der Waals surface area contributed by atoms with Gasteiger partial charge >= 0.3 is 0 Å². The van der Waals surface area contributed by atoms with E-state index in [1.807, 2.05) is 0 Å². The maximum absolute atomic E-state index is 13.8. The number of benzene rings is 3. The summed E-state index contributed by atoms with van der Waals surface area (Å²) in [5.41, 5.74) is 0.766. The number of halogens is 2. The van der Waals surface area contributed by atoms with E-state index in [2.05, 4.69) is 15.0 Å². The van der Waals surface area contributed by atoms with Crippen molar-refractivity contribution in [2.75, 3.05) is 4.72 Å². The molecule has 1 heterocycles. The summed E-state index contributed by atoms with van der Waals surface area (Å²) in [4.78, 5) is 16.5. The Balaban J connectivity index is 1.34. The lowest BCUT2D eigenvalue weighted by Gasteiger charge is -2.10. The van der Waals surface area contributed by atoms with Crippen LogP contribution in [-0.2, 0) is 16.6 Å². The molecule has 7 nitrogen and oxygen atoms in total. The summed E-state index contributed by atoms with van der Waals surface area (Å²) >= 11 is 0. The number of ether oxygens (including phenoxy) is 1. The highest BCUT2D eigenvalue weighted by molar-refractivity contribution is 7.92. The number of amides is 1. The van der Waals surface area contributed by atoms with Gasteiger partial charge in [-0.1, -0.05) is 24.3 Å². The van der Waals surface area contributed by atoms with Gasteiger partial charge in [0.1, 0.15) is 17.4 Å². The fourth-order valence-electron chi connectivity index (χ4n) is 3.04. The van der Waals surface area contributed by atoms with Crippen LogP contribution in [0.15, 0.2) is 96.0 Å². The van der Waals surface area contributed by atoms with Gasteiger partial charge in [-0.15, -0.1) is 0 Å². The van der Waals surface area contributed by atoms with Crippen LogP contribution in [0.1, 0.15) is 15.9 Å². The Morgan fingerprint density at radius 2 is 1.69 bits per heavy atom. The fraction of sp³-hybridized carbons (Fsp3) is 0.0400. The van der Waals surface area contributed by atoms with Crippen LogP contribution in [0, 0.1) is 11.6 Å². The lowest BCUT2D eigenvalue weighted by molar-refractivity contribution is 0.0950. The van der Waals surface area contributed by atoms with Gasteiger partial charge in [-0.05, 0) is 54.1 Å². The number of carbonyl (C=O) groups is 1. The SMILES string of the molecule is O=C(NCc1ccc(Oc2cccc(F)c2)nc1)c1ccc(S(=O)(=O)Nc2ccccc2F)cc1. The quantitative estimate of drug-likeness (QED) is 0.363. The molecule has 0 aliphatic heterocycles. The third-order valence-electron chi connectivity index (χ3n) is 4.81. The van der Waals surface area contributed by atoms with Gasteiger partial charge in [0.15, 0.2) is 0 Å². The van der Waals surface area contributed by atoms with Crippen molar-refractivity contribution in [3.63, 3.8) is 0 Å². The zero-order valence-electron chi connectivity index (χ0n) is 18.1. The highest BCUT2D eigenvalue weighted by atomic mass is 32.2. The van der Waals surface area contributed by atoms with Crippen LogP contribution in [0.3, 0.4) is 0 Å². The van der Waals surface area contributed by atoms with E-state index in [9.17, 15) is 22.0 Å². The minimum absolute atomic E-state index is 0.115. The van der Waals surface area contributed by atoms with Crippen LogP contribution in [0.4, 0.5) is 14.5 Å². The predicted molar refractivity (Wildman–Crippen MR) is 126 cm³/mol. The summed E-state index contributed by atoms with van der Waals surface area (Å²) in [6.45, 7) is 0.168. The second-order valence-electron chi connectivity index (χ2n) is 7.36. The Hall–Kier alpha value is -4.31. The molecule has 2 N–H and O–H groups in total. The Kier molecular flexibility index (Phi) is 7.02. The molecule has 4 rings (SSSR count). The zero-order valence-corrected chi connectivity index (χ0v) is 18.9. The smallest absolute Gasteiger partial charge is 0.261 e. The van der Waals surface area contributed by atoms with Crippen LogP contribution >= 0.6 is 0 Å². The molecule has 0 saturated carbocycles. The molecule has 0 unspecified atom stereocenters. The van der Waals surface area contributed by atoms with Gasteiger partial charge in [-0.25, -0.2) is 22.2 Å². The second-order valence-corrected chi connectivity index (χ2v) is 9.04. The number of para-hydroxylation sites is 1. The largest absolute Gasteiger partial charge is 0.439 e. The number of sulfonamides is 1. The first-order valence-electron chi connectivity index (χ1n) is 10.3. The highest BCUT2D eigenvalue weighted by Crippen LogP contribution is 2.21. The van der Waals surface area contributed by atoms with Crippen molar-refractivity contribution in [3.05, 3.63) is 114 Å². The molecular formula is C25H19F2N3O4S. The van der Waals surface area contributed by atoms with Crippen LogP contribution in [0.5, 0.6) is 11.6 Å². The zero-order chi connectivity index (χ0) is 24.8. The maximum Gasteiger partial charge on any atom is 0.261 e. The summed E-state index contributed by atoms with van der Waals surface area (Å²) in [6, 6.07) is 19.6. The Morgan fingerprint density at radius 3 is 2.37 bits per heavy atom. The number of hydrogen-bond acceptors (Lipinski definition) is 5. The van der Waals surface area contributed by atoms with Gasteiger partial charge < -0.3 is 10.1 Å². The Morgan fingerprint density at radius 1 is 0.914 bits per heavy atom. The van der Waals surface area contributed by atoms with Gasteiger partial charge in [-0.3, -0.25) is 9.52 Å². The second kappa shape index (κ2) is 10.3. The average molecular weight is 496 g/mol. The van der Waals surface area contributed by atoms with Crippen molar-refractivity contribution < 1.29 is 26.7 Å². The van der Waals surface area contributed by atoms with Gasteiger partial charge in [0.05, 0.1) is 10.6 Å². The summed E-state index contributed by atoms with van der Waals surface area (Å²) in [5.74, 6) is -0.959. The summed E-state index contributed by atoms with van der Waals surface area (Å²) in [7, 11) is -4.03. The van der Waals surface area contributed by atoms with E-state index < -0.39 is 27.6 Å². The minimum Gasteiger partial charge on any atom is -0.439 e. The molecule has 0 saturated heterocycles. The third kappa shape index (κ3) is 6.18. The molecule has 0 atom stereocenters. The number of nitrogens with one attached hydrogen (secondary N) is 2. The monoisotopic (exact) mass is 495 g/mol. The van der Waals surface area contributed by atoms with Crippen molar-refractivity contribution in [2.45, 2.75) is 11.4 Å². The number of hydrogen-bond donors (Lipinski definition) is 2. The van der Waals surface area contributed by atoms with Crippen molar-refractivity contribution >= 4 is 21.6 Å². The third-order valence-corrected chi connectivity index (χ3v) is 6.20. The van der Waals surface area contributed by atoms with E-state index in [1.54, 1.807) is 18.2 Å². The summed E-state index contributed by atoms with van der Waals surface area (Å²) < 4.78 is 59.6. The number of rotatable bonds is 8. The fourth-order valence-corrected chi connectivity index (χ4v) is 4.11. The first kappa shape index (κ1) is 23.8. The van der Waals surface area contributed by atoms with E-state index in [1.165, 1.54) is 66.9 Å². The maximum atomic E-state index is 13.8. The van der Waals surface area contributed by atoms with Gasteiger partial charge in [0.25, 0.3) is 15.9 Å². The number of carbonyl (C=O) groups excluding carboxylic acids is 1. The molecule has 0 aliphatic rings. The standard InChI is InChI=1S/C25H19F2N3O4S/c26-19-4-3-5-20(14-19)34-24-13-8-17(15-28-24)16-29-25(31)18-9-11-21(12-10-18)35(32,33)30-23-7-2-1-6-22(23)27/h1-15,30H,16H2,(H,29,31). The molecule has 0 spiro atoms. The molecule has 0 fully saturated rings. The molecule has 1 aromatic heterocycles. The molecule has 35 heavy (non-hydrogen) atoms. The van der Waals surface area contributed by atoms with Gasteiger partial charge in [0.2, 0.25) is 5.88 Å². The molecule has 10 heteroatoms. The molecule has 0 aliphatic carbocycles. The lowest BCUT2D eigenvalue weighted by Crippen LogP contribution is -2.23. The van der Waals surface area contributed by atoms with Gasteiger partial charge in [-0.2, -0.15) is 0 Å². The van der Waals surface area contributed by atoms with E-state index in [0.29, 0.717) is 11.3 Å².